The van der Waals surface area contributed by atoms with Gasteiger partial charge in [0.15, 0.2) is 52.2 Å². The zero-order valence-electron chi connectivity index (χ0n) is 17.4. The Bertz CT molecular complexity index is 1130. The first-order valence-corrected chi connectivity index (χ1v) is 10.9. The maximum Gasteiger partial charge on any atom is 0.413 e. The number of ether oxygens (including phenoxy) is 3. The van der Waals surface area contributed by atoms with E-state index in [0.717, 1.165) is 21.3 Å². The molecule has 3 rings (SSSR count). The van der Waals surface area contributed by atoms with Crippen LogP contribution in [0.15, 0.2) is 18.2 Å². The molecule has 0 radical (unpaired) electrons. The maximum absolute atomic E-state index is 15.2. The van der Waals surface area contributed by atoms with Crippen molar-refractivity contribution in [3.8, 4) is 17.2 Å². The molecule has 0 saturated heterocycles. The number of rotatable bonds is 6. The normalized spacial score (nSPS) is 10.9. The molecule has 0 aliphatic rings. The minimum atomic E-state index is -4.97. The van der Waals surface area contributed by atoms with Gasteiger partial charge in [0, 0.05) is 18.2 Å². The van der Waals surface area contributed by atoms with E-state index in [9.17, 15) is 26.3 Å². The summed E-state index contributed by atoms with van der Waals surface area (Å²) in [5.74, 6) is -20.1. The molecule has 0 amide bonds. The molecular weight excluding hydrogens is 498 g/mol. The highest BCUT2D eigenvalue weighted by Crippen LogP contribution is 2.26. The average molecular weight is 510 g/mol. The number of hydrogen-bond donors (Lipinski definition) is 0. The monoisotopic (exact) mass is 510 g/mol. The third kappa shape index (κ3) is 4.03. The molecule has 0 N–H and O–H groups in total. The van der Waals surface area contributed by atoms with Gasteiger partial charge in [-0.2, -0.15) is 0 Å². The molecule has 0 aliphatic heterocycles. The lowest BCUT2D eigenvalue weighted by Crippen LogP contribution is -2.59. The average Bonchev–Trinajstić information content (AvgIpc) is 2.80. The summed E-state index contributed by atoms with van der Waals surface area (Å²) in [5.41, 5.74) is 0. The number of methoxy groups -OCH3 is 3. The van der Waals surface area contributed by atoms with Crippen LogP contribution >= 0.6 is 0 Å². The zero-order chi connectivity index (χ0) is 25.5. The molecule has 3 aromatic carbocycles. The summed E-state index contributed by atoms with van der Waals surface area (Å²) in [6.45, 7) is 0. The Morgan fingerprint density at radius 2 is 0.676 bits per heavy atom. The van der Waals surface area contributed by atoms with E-state index in [1.165, 1.54) is 0 Å². The Labute approximate surface area is 190 Å². The van der Waals surface area contributed by atoms with Gasteiger partial charge in [0.1, 0.15) is 17.5 Å². The van der Waals surface area contributed by atoms with Gasteiger partial charge in [-0.25, -0.2) is 39.5 Å². The molecule has 180 valence electrons. The van der Waals surface area contributed by atoms with Crippen molar-refractivity contribution in [3.05, 3.63) is 70.6 Å². The fourth-order valence-electron chi connectivity index (χ4n) is 3.44. The Morgan fingerprint density at radius 1 is 0.441 bits per heavy atom. The molecule has 0 fully saturated rings. The van der Waals surface area contributed by atoms with Crippen LogP contribution in [0.4, 0.5) is 39.5 Å². The van der Waals surface area contributed by atoms with Crippen molar-refractivity contribution in [2.24, 2.45) is 0 Å². The van der Waals surface area contributed by atoms with Crippen molar-refractivity contribution in [2.45, 2.75) is 0 Å². The van der Waals surface area contributed by atoms with Gasteiger partial charge < -0.3 is 14.2 Å². The van der Waals surface area contributed by atoms with Crippen molar-refractivity contribution in [1.29, 1.82) is 0 Å². The first-order chi connectivity index (χ1) is 16.0. The van der Waals surface area contributed by atoms with Gasteiger partial charge in [-0.15, -0.1) is 0 Å². The van der Waals surface area contributed by atoms with Crippen LogP contribution in [0.1, 0.15) is 0 Å². The zero-order valence-corrected chi connectivity index (χ0v) is 18.6. The smallest absolute Gasteiger partial charge is 0.413 e. The Balaban J connectivity index is 2.63. The first-order valence-electron chi connectivity index (χ1n) is 9.14. The largest absolute Gasteiger partial charge is 0.494 e. The van der Waals surface area contributed by atoms with Gasteiger partial charge in [0.05, 0.1) is 21.3 Å². The van der Waals surface area contributed by atoms with Gasteiger partial charge in [0.25, 0.3) is 0 Å². The van der Waals surface area contributed by atoms with Gasteiger partial charge in [-0.05, 0) is 13.3 Å². The molecule has 3 nitrogen and oxygen atoms in total. The van der Waals surface area contributed by atoms with Crippen molar-refractivity contribution >= 4 is 27.4 Å². The minimum absolute atomic E-state index is 0.234. The molecule has 0 heterocycles. The van der Waals surface area contributed by atoms with E-state index in [-0.39, 0.29) is 18.2 Å². The number of hydrogen-bond acceptors (Lipinski definition) is 3. The molecule has 0 aromatic heterocycles. The summed E-state index contributed by atoms with van der Waals surface area (Å²) in [6, 6.07) is 0.701. The third-order valence-corrected chi connectivity index (χ3v) is 8.25. The summed E-state index contributed by atoms with van der Waals surface area (Å²) in [7, 11) is 2.48. The molecular formula is C21H12AlF9O3. The SMILES string of the molecule is COc1cc(F)c(F)[c]([Al]([c]2c(F)c(F)cc(OC)c2F)[c]2c(F)c(F)cc(OC)c2F)c1F. The Morgan fingerprint density at radius 3 is 0.882 bits per heavy atom. The highest BCUT2D eigenvalue weighted by atomic mass is 27.2. The van der Waals surface area contributed by atoms with Gasteiger partial charge in [0.2, 0.25) is 0 Å². The van der Waals surface area contributed by atoms with Crippen LogP contribution in [0.5, 0.6) is 17.2 Å². The second-order valence-corrected chi connectivity index (χ2v) is 9.34. The lowest BCUT2D eigenvalue weighted by Gasteiger charge is -2.21. The lowest BCUT2D eigenvalue weighted by atomic mass is 10.3. The quantitative estimate of drug-likeness (QED) is 0.289. The first kappa shape index (κ1) is 25.6. The van der Waals surface area contributed by atoms with Crippen LogP contribution in [0.2, 0.25) is 0 Å². The summed E-state index contributed by atoms with van der Waals surface area (Å²) < 4.78 is 142. The molecule has 0 unspecified atom stereocenters. The molecule has 3 aromatic rings. The number of benzene rings is 3. The van der Waals surface area contributed by atoms with Crippen molar-refractivity contribution in [3.63, 3.8) is 0 Å². The summed E-state index contributed by atoms with van der Waals surface area (Å²) in [4.78, 5) is 0. The maximum atomic E-state index is 15.2. The highest BCUT2D eigenvalue weighted by Gasteiger charge is 2.44. The second kappa shape index (κ2) is 9.68. The van der Waals surface area contributed by atoms with Gasteiger partial charge in [-0.1, -0.05) is 0 Å². The predicted octanol–water partition coefficient (Wildman–Crippen LogP) is 3.48. The van der Waals surface area contributed by atoms with Crippen LogP contribution in [0.25, 0.3) is 0 Å². The van der Waals surface area contributed by atoms with E-state index >= 15 is 13.2 Å². The molecule has 0 aliphatic carbocycles. The van der Waals surface area contributed by atoms with Gasteiger partial charge >= 0.3 is 14.1 Å². The summed E-state index contributed by atoms with van der Waals surface area (Å²) >= 11 is -4.97. The topological polar surface area (TPSA) is 27.7 Å². The lowest BCUT2D eigenvalue weighted by molar-refractivity contribution is 0.377. The van der Waals surface area contributed by atoms with Crippen molar-refractivity contribution < 1.29 is 53.7 Å². The molecule has 0 saturated carbocycles. The molecule has 13 heteroatoms. The molecule has 0 spiro atoms. The minimum Gasteiger partial charge on any atom is -0.494 e. The Kier molecular flexibility index (Phi) is 7.28. The Hall–Kier alpha value is -3.04. The van der Waals surface area contributed by atoms with Crippen LogP contribution in [-0.2, 0) is 0 Å². The van der Waals surface area contributed by atoms with E-state index in [1.807, 2.05) is 0 Å². The molecule has 0 bridgehead atoms. The highest BCUT2D eigenvalue weighted by molar-refractivity contribution is 6.96. The van der Waals surface area contributed by atoms with E-state index in [4.69, 9.17) is 0 Å². The van der Waals surface area contributed by atoms with E-state index in [2.05, 4.69) is 14.2 Å². The summed E-state index contributed by atoms with van der Waals surface area (Å²) in [6.07, 6.45) is 0. The predicted molar refractivity (Wildman–Crippen MR) is 103 cm³/mol. The van der Waals surface area contributed by atoms with Gasteiger partial charge in [-0.3, -0.25) is 0 Å². The van der Waals surface area contributed by atoms with Crippen LogP contribution in [0, 0.1) is 52.4 Å². The van der Waals surface area contributed by atoms with E-state index < -0.39 is 97.0 Å². The van der Waals surface area contributed by atoms with E-state index in [1.54, 1.807) is 0 Å². The van der Waals surface area contributed by atoms with E-state index in [0.29, 0.717) is 0 Å². The fraction of sp³-hybridized carbons (Fsp3) is 0.143. The van der Waals surface area contributed by atoms with Crippen LogP contribution in [-0.4, -0.2) is 35.5 Å². The van der Waals surface area contributed by atoms with Crippen molar-refractivity contribution in [2.75, 3.05) is 21.3 Å². The van der Waals surface area contributed by atoms with Crippen LogP contribution in [0.3, 0.4) is 0 Å². The summed E-state index contributed by atoms with van der Waals surface area (Å²) in [5, 5.41) is 0. The van der Waals surface area contributed by atoms with Crippen molar-refractivity contribution in [1.82, 2.24) is 0 Å². The third-order valence-electron chi connectivity index (χ3n) is 5.00. The molecule has 0 atom stereocenters. The fourth-order valence-corrected chi connectivity index (χ4v) is 6.66. The standard InChI is InChI=1S/3C7H4F3O.Al/c3*1-11-7-3-5(9)4(8)2-6(7)10;/h3*3H,1H3;. The second-order valence-electron chi connectivity index (χ2n) is 6.74. The number of halogens is 9. The molecule has 34 heavy (non-hydrogen) atoms. The van der Waals surface area contributed by atoms with Crippen LogP contribution < -0.4 is 27.5 Å².